The number of nitrogens with two attached hydrogens (primary N) is 1. The Labute approximate surface area is 158 Å². The molecule has 0 bridgehead atoms. The van der Waals surface area contributed by atoms with E-state index in [9.17, 15) is 4.79 Å². The number of nitrogens with zero attached hydrogens (tertiary/aromatic N) is 1. The van der Waals surface area contributed by atoms with Gasteiger partial charge < -0.3 is 20.3 Å². The fourth-order valence-electron chi connectivity index (χ4n) is 3.46. The smallest absolute Gasteiger partial charge is 0.409 e. The summed E-state index contributed by atoms with van der Waals surface area (Å²) in [6, 6.07) is 5.69. The van der Waals surface area contributed by atoms with E-state index in [-0.39, 0.29) is 0 Å². The van der Waals surface area contributed by atoms with Gasteiger partial charge in [-0.3, -0.25) is 10.3 Å². The quantitative estimate of drug-likeness (QED) is 0.711. The van der Waals surface area contributed by atoms with Crippen LogP contribution in [0.4, 0.5) is 10.5 Å². The lowest BCUT2D eigenvalue weighted by molar-refractivity contribution is 0.206. The van der Waals surface area contributed by atoms with Gasteiger partial charge >= 0.3 is 6.09 Å². The number of benzene rings is 1. The van der Waals surface area contributed by atoms with E-state index in [1.807, 2.05) is 25.1 Å². The van der Waals surface area contributed by atoms with Crippen molar-refractivity contribution in [1.29, 1.82) is 0 Å². The summed E-state index contributed by atoms with van der Waals surface area (Å²) in [4.78, 5) is 15.1. The van der Waals surface area contributed by atoms with E-state index in [1.165, 1.54) is 6.20 Å². The van der Waals surface area contributed by atoms with Gasteiger partial charge in [0.2, 0.25) is 0 Å². The van der Waals surface area contributed by atoms with Crippen molar-refractivity contribution in [3.63, 3.8) is 0 Å². The lowest BCUT2D eigenvalue weighted by Gasteiger charge is -2.27. The van der Waals surface area contributed by atoms with Gasteiger partial charge in [-0.25, -0.2) is 4.79 Å². The highest BCUT2D eigenvalue weighted by Crippen LogP contribution is 2.42. The van der Waals surface area contributed by atoms with Crippen molar-refractivity contribution in [1.82, 2.24) is 4.98 Å². The van der Waals surface area contributed by atoms with Crippen LogP contribution in [0.2, 0.25) is 0 Å². The summed E-state index contributed by atoms with van der Waals surface area (Å²) < 4.78 is 11.7. The number of hydrogen-bond acceptors (Lipinski definition) is 5. The number of pyridine rings is 1. The number of fused-ring (bicyclic) bond motifs is 3. The molecule has 1 amide bonds. The molecule has 1 unspecified atom stereocenters. The molecular formula is C20H25N3O4. The summed E-state index contributed by atoms with van der Waals surface area (Å²) in [6.07, 6.45) is 2.78. The van der Waals surface area contributed by atoms with Gasteiger partial charge in [0.1, 0.15) is 24.7 Å². The molecule has 0 spiro atoms. The largest absolute Gasteiger partial charge is 0.492 e. The molecule has 7 heteroatoms. The zero-order valence-corrected chi connectivity index (χ0v) is 15.8. The normalized spacial score (nSPS) is 14.6. The minimum Gasteiger partial charge on any atom is -0.492 e. The third-order valence-electron chi connectivity index (χ3n) is 4.33. The van der Waals surface area contributed by atoms with Crippen LogP contribution >= 0.6 is 0 Å². The molecule has 4 N–H and O–H groups in total. The van der Waals surface area contributed by atoms with Gasteiger partial charge in [0.15, 0.2) is 0 Å². The van der Waals surface area contributed by atoms with E-state index in [1.54, 1.807) is 6.20 Å². The highest BCUT2D eigenvalue weighted by atomic mass is 16.5. The first-order valence-corrected chi connectivity index (χ1v) is 8.91. The molecule has 0 fully saturated rings. The predicted octanol–water partition coefficient (Wildman–Crippen LogP) is 3.87. The number of rotatable bonds is 6. The van der Waals surface area contributed by atoms with E-state index in [0.717, 1.165) is 17.5 Å². The topological polar surface area (TPSA) is 107 Å². The first-order chi connectivity index (χ1) is 12.7. The molecule has 144 valence electrons. The van der Waals surface area contributed by atoms with Crippen LogP contribution in [0.25, 0.3) is 11.1 Å². The summed E-state index contributed by atoms with van der Waals surface area (Å²) in [5.41, 5.74) is 8.80. The fraction of sp³-hybridized carbons (Fsp3) is 0.400. The molecule has 1 aromatic carbocycles. The Morgan fingerprint density at radius 2 is 2.22 bits per heavy atom. The van der Waals surface area contributed by atoms with E-state index < -0.39 is 11.6 Å². The van der Waals surface area contributed by atoms with Gasteiger partial charge in [-0.1, -0.05) is 19.9 Å². The highest BCUT2D eigenvalue weighted by Gasteiger charge is 2.24. The average Bonchev–Trinajstić information content (AvgIpc) is 2.58. The average molecular weight is 371 g/mol. The summed E-state index contributed by atoms with van der Waals surface area (Å²) in [5.74, 6) is 1.75. The first kappa shape index (κ1) is 19.0. The third kappa shape index (κ3) is 4.49. The lowest BCUT2D eigenvalue weighted by Crippen LogP contribution is -2.43. The second-order valence-electron chi connectivity index (χ2n) is 7.64. The number of nitrogens with one attached hydrogen (secondary N) is 1. The van der Waals surface area contributed by atoms with Gasteiger partial charge in [-0.05, 0) is 37.0 Å². The van der Waals surface area contributed by atoms with Crippen LogP contribution in [0, 0.1) is 5.92 Å². The second-order valence-corrected chi connectivity index (χ2v) is 7.64. The lowest BCUT2D eigenvalue weighted by atomic mass is 9.93. The van der Waals surface area contributed by atoms with E-state index >= 15 is 0 Å². The van der Waals surface area contributed by atoms with Crippen molar-refractivity contribution in [2.75, 3.05) is 11.9 Å². The van der Waals surface area contributed by atoms with Crippen molar-refractivity contribution >= 4 is 11.8 Å². The Hall–Kier alpha value is -2.80. The molecule has 0 aliphatic carbocycles. The summed E-state index contributed by atoms with van der Waals surface area (Å²) in [6.45, 7) is 7.04. The Morgan fingerprint density at radius 1 is 1.44 bits per heavy atom. The molecule has 2 heterocycles. The number of carboxylic acid groups (broad SMARTS) is 1. The van der Waals surface area contributed by atoms with E-state index in [4.69, 9.17) is 20.3 Å². The molecular weight excluding hydrogens is 346 g/mol. The van der Waals surface area contributed by atoms with Gasteiger partial charge in [-0.15, -0.1) is 0 Å². The van der Waals surface area contributed by atoms with Crippen LogP contribution in [0.1, 0.15) is 32.8 Å². The van der Waals surface area contributed by atoms with Gasteiger partial charge in [0.05, 0.1) is 23.6 Å². The first-order valence-electron chi connectivity index (χ1n) is 8.91. The van der Waals surface area contributed by atoms with Crippen molar-refractivity contribution in [3.8, 4) is 22.6 Å². The second kappa shape index (κ2) is 7.44. The minimum atomic E-state index is -1.15. The standard InChI is InChI=1S/C20H25N3O4/c1-12(2)7-20(3,21)11-27-14-4-5-15-13(6-14)10-26-17-9-22-8-16(18(15)17)23-19(24)25/h4-6,8-9,12,23H,7,10-11,21H2,1-3H3,(H,24,25). The van der Waals surface area contributed by atoms with Crippen LogP contribution in [-0.2, 0) is 6.61 Å². The van der Waals surface area contributed by atoms with Crippen LogP contribution in [0.5, 0.6) is 11.5 Å². The molecule has 1 aliphatic heterocycles. The Bertz CT molecular complexity index is 849. The van der Waals surface area contributed by atoms with Crippen LogP contribution < -0.4 is 20.5 Å². The number of aromatic nitrogens is 1. The Balaban J connectivity index is 1.84. The van der Waals surface area contributed by atoms with Crippen molar-refractivity contribution in [2.24, 2.45) is 11.7 Å². The van der Waals surface area contributed by atoms with Crippen molar-refractivity contribution in [2.45, 2.75) is 39.3 Å². The number of carbonyl (C=O) groups is 1. The predicted molar refractivity (Wildman–Crippen MR) is 103 cm³/mol. The molecule has 27 heavy (non-hydrogen) atoms. The van der Waals surface area contributed by atoms with E-state index in [0.29, 0.717) is 41.9 Å². The highest BCUT2D eigenvalue weighted by molar-refractivity contribution is 5.93. The zero-order valence-electron chi connectivity index (χ0n) is 15.8. The number of amides is 1. The molecule has 1 aromatic heterocycles. The van der Waals surface area contributed by atoms with Crippen molar-refractivity contribution < 1.29 is 19.4 Å². The van der Waals surface area contributed by atoms with Crippen molar-refractivity contribution in [3.05, 3.63) is 36.2 Å². The number of hydrogen-bond donors (Lipinski definition) is 3. The molecule has 0 saturated carbocycles. The number of anilines is 1. The third-order valence-corrected chi connectivity index (χ3v) is 4.33. The molecule has 1 atom stereocenters. The fourth-order valence-corrected chi connectivity index (χ4v) is 3.46. The van der Waals surface area contributed by atoms with Crippen LogP contribution in [0.3, 0.4) is 0 Å². The Kier molecular flexibility index (Phi) is 5.23. The zero-order chi connectivity index (χ0) is 19.6. The Morgan fingerprint density at radius 3 is 2.93 bits per heavy atom. The van der Waals surface area contributed by atoms with Crippen LogP contribution in [-0.4, -0.2) is 28.3 Å². The van der Waals surface area contributed by atoms with Gasteiger partial charge in [0, 0.05) is 11.1 Å². The SMILES string of the molecule is CC(C)CC(C)(N)COc1ccc2c(c1)COc1cncc(NC(=O)O)c1-2. The molecule has 7 nitrogen and oxygen atoms in total. The molecule has 0 radical (unpaired) electrons. The van der Waals surface area contributed by atoms with Gasteiger partial charge in [0.25, 0.3) is 0 Å². The molecule has 3 rings (SSSR count). The maximum Gasteiger partial charge on any atom is 0.409 e. The molecule has 1 aliphatic rings. The van der Waals surface area contributed by atoms with Gasteiger partial charge in [-0.2, -0.15) is 0 Å². The number of ether oxygens (including phenoxy) is 2. The molecule has 0 saturated heterocycles. The van der Waals surface area contributed by atoms with E-state index in [2.05, 4.69) is 24.1 Å². The monoisotopic (exact) mass is 371 g/mol. The minimum absolute atomic E-state index is 0.365. The summed E-state index contributed by atoms with van der Waals surface area (Å²) in [5, 5.41) is 11.4. The maximum atomic E-state index is 11.1. The summed E-state index contributed by atoms with van der Waals surface area (Å²) in [7, 11) is 0. The maximum absolute atomic E-state index is 11.1. The summed E-state index contributed by atoms with van der Waals surface area (Å²) >= 11 is 0. The molecule has 2 aromatic rings. The van der Waals surface area contributed by atoms with Crippen LogP contribution in [0.15, 0.2) is 30.6 Å².